The van der Waals surface area contributed by atoms with Crippen LogP contribution in [-0.4, -0.2) is 36.3 Å². The van der Waals surface area contributed by atoms with Gasteiger partial charge in [0.2, 0.25) is 5.91 Å². The minimum absolute atomic E-state index is 0.0852. The Bertz CT molecular complexity index is 835. The maximum absolute atomic E-state index is 13.1. The molecule has 3 rings (SSSR count). The van der Waals surface area contributed by atoms with Gasteiger partial charge in [-0.25, -0.2) is 4.39 Å². The van der Waals surface area contributed by atoms with Gasteiger partial charge in [0.05, 0.1) is 0 Å². The lowest BCUT2D eigenvalue weighted by Gasteiger charge is -2.34. The zero-order chi connectivity index (χ0) is 20.3. The Hall–Kier alpha value is -2.69. The number of amides is 2. The molecule has 1 fully saturated rings. The summed E-state index contributed by atoms with van der Waals surface area (Å²) in [5.74, 6) is -0.418. The van der Waals surface area contributed by atoms with Gasteiger partial charge in [-0.05, 0) is 81.1 Å². The molecule has 5 heteroatoms. The van der Waals surface area contributed by atoms with E-state index < -0.39 is 0 Å². The molecule has 2 amide bonds. The average Bonchev–Trinajstić information content (AvgIpc) is 2.68. The van der Waals surface area contributed by atoms with Crippen molar-refractivity contribution in [2.75, 3.05) is 24.5 Å². The predicted octanol–water partition coefficient (Wildman–Crippen LogP) is 4.35. The number of likely N-dealkylation sites (tertiary alicyclic amines) is 1. The van der Waals surface area contributed by atoms with Crippen molar-refractivity contribution in [2.45, 2.75) is 33.6 Å². The van der Waals surface area contributed by atoms with E-state index in [0.29, 0.717) is 38.0 Å². The molecule has 4 nitrogen and oxygen atoms in total. The number of nitrogens with zero attached hydrogens (tertiary/aromatic N) is 2. The Balaban J connectivity index is 1.65. The quantitative estimate of drug-likeness (QED) is 0.789. The number of hydrogen-bond acceptors (Lipinski definition) is 2. The van der Waals surface area contributed by atoms with Gasteiger partial charge in [-0.15, -0.1) is 0 Å². The maximum atomic E-state index is 13.1. The summed E-state index contributed by atoms with van der Waals surface area (Å²) in [5, 5.41) is 0. The molecule has 0 saturated carbocycles. The van der Waals surface area contributed by atoms with E-state index in [-0.39, 0.29) is 23.5 Å². The smallest absolute Gasteiger partial charge is 0.253 e. The number of halogens is 1. The van der Waals surface area contributed by atoms with Crippen LogP contribution in [0.1, 0.15) is 41.3 Å². The van der Waals surface area contributed by atoms with Crippen molar-refractivity contribution in [3.63, 3.8) is 0 Å². The summed E-state index contributed by atoms with van der Waals surface area (Å²) in [6.07, 6.45) is 1.29. The molecule has 0 radical (unpaired) electrons. The van der Waals surface area contributed by atoms with Crippen LogP contribution in [0.15, 0.2) is 42.5 Å². The van der Waals surface area contributed by atoms with Crippen LogP contribution in [0.3, 0.4) is 0 Å². The zero-order valence-corrected chi connectivity index (χ0v) is 16.7. The third kappa shape index (κ3) is 4.41. The molecule has 0 aliphatic carbocycles. The number of aryl methyl sites for hydroxylation is 2. The van der Waals surface area contributed by atoms with Gasteiger partial charge in [-0.1, -0.05) is 6.07 Å². The molecule has 1 aliphatic heterocycles. The lowest BCUT2D eigenvalue weighted by molar-refractivity contribution is -0.123. The van der Waals surface area contributed by atoms with E-state index in [1.165, 1.54) is 24.3 Å². The summed E-state index contributed by atoms with van der Waals surface area (Å²) in [6, 6.07) is 11.8. The predicted molar refractivity (Wildman–Crippen MR) is 109 cm³/mol. The summed E-state index contributed by atoms with van der Waals surface area (Å²) in [6.45, 7) is 7.76. The summed E-state index contributed by atoms with van der Waals surface area (Å²) in [4.78, 5) is 29.3. The van der Waals surface area contributed by atoms with Crippen LogP contribution >= 0.6 is 0 Å². The number of benzene rings is 2. The first-order chi connectivity index (χ1) is 13.4. The van der Waals surface area contributed by atoms with E-state index in [0.717, 1.165) is 16.8 Å². The second-order valence-corrected chi connectivity index (χ2v) is 7.50. The number of hydrogen-bond donors (Lipinski definition) is 0. The second-order valence-electron chi connectivity index (χ2n) is 7.50. The van der Waals surface area contributed by atoms with E-state index in [4.69, 9.17) is 0 Å². The highest BCUT2D eigenvalue weighted by Gasteiger charge is 2.30. The number of carbonyl (C=O) groups excluding carboxylic acids is 2. The van der Waals surface area contributed by atoms with Gasteiger partial charge in [0.1, 0.15) is 5.82 Å². The van der Waals surface area contributed by atoms with Gasteiger partial charge in [0.15, 0.2) is 0 Å². The van der Waals surface area contributed by atoms with Crippen molar-refractivity contribution in [2.24, 2.45) is 5.92 Å². The molecular formula is C23H27FN2O2. The Morgan fingerprint density at radius 3 is 2.14 bits per heavy atom. The van der Waals surface area contributed by atoms with Gasteiger partial charge in [-0.2, -0.15) is 0 Å². The number of carbonyl (C=O) groups is 2. The molecule has 148 valence electrons. The molecule has 0 atom stereocenters. The second kappa shape index (κ2) is 8.55. The Labute approximate surface area is 166 Å². The van der Waals surface area contributed by atoms with E-state index in [9.17, 15) is 14.0 Å². The van der Waals surface area contributed by atoms with Crippen LogP contribution in [0, 0.1) is 25.6 Å². The van der Waals surface area contributed by atoms with Crippen LogP contribution in [-0.2, 0) is 4.79 Å². The molecule has 28 heavy (non-hydrogen) atoms. The van der Waals surface area contributed by atoms with Gasteiger partial charge in [0.25, 0.3) is 5.91 Å². The summed E-state index contributed by atoms with van der Waals surface area (Å²) in [5.41, 5.74) is 3.70. The number of piperidine rings is 1. The first-order valence-electron chi connectivity index (χ1n) is 9.83. The minimum Gasteiger partial charge on any atom is -0.339 e. The first kappa shape index (κ1) is 20.1. The summed E-state index contributed by atoms with van der Waals surface area (Å²) >= 11 is 0. The Kier molecular flexibility index (Phi) is 6.12. The van der Waals surface area contributed by atoms with Gasteiger partial charge in [-0.3, -0.25) is 9.59 Å². The number of anilines is 1. The van der Waals surface area contributed by atoms with Crippen LogP contribution in [0.2, 0.25) is 0 Å². The molecule has 1 aliphatic rings. The Morgan fingerprint density at radius 1 is 1.04 bits per heavy atom. The normalized spacial score (nSPS) is 14.8. The molecule has 0 N–H and O–H groups in total. The van der Waals surface area contributed by atoms with E-state index in [2.05, 4.69) is 6.07 Å². The third-order valence-corrected chi connectivity index (χ3v) is 5.32. The van der Waals surface area contributed by atoms with E-state index in [1.807, 2.05) is 37.8 Å². The first-order valence-corrected chi connectivity index (χ1v) is 9.83. The molecule has 1 heterocycles. The lowest BCUT2D eigenvalue weighted by atomic mass is 9.94. The van der Waals surface area contributed by atoms with Crippen LogP contribution < -0.4 is 4.90 Å². The Morgan fingerprint density at radius 2 is 1.61 bits per heavy atom. The van der Waals surface area contributed by atoms with E-state index in [1.54, 1.807) is 4.90 Å². The average molecular weight is 382 g/mol. The highest BCUT2D eigenvalue weighted by molar-refractivity contribution is 5.96. The monoisotopic (exact) mass is 382 g/mol. The highest BCUT2D eigenvalue weighted by atomic mass is 19.1. The molecular weight excluding hydrogens is 355 g/mol. The van der Waals surface area contributed by atoms with E-state index >= 15 is 0 Å². The van der Waals surface area contributed by atoms with Crippen molar-refractivity contribution in [3.05, 3.63) is 65.0 Å². The zero-order valence-electron chi connectivity index (χ0n) is 16.7. The van der Waals surface area contributed by atoms with Crippen LogP contribution in [0.5, 0.6) is 0 Å². The molecule has 2 aromatic rings. The molecule has 0 bridgehead atoms. The molecule has 0 unspecified atom stereocenters. The summed E-state index contributed by atoms with van der Waals surface area (Å²) in [7, 11) is 0. The fourth-order valence-corrected chi connectivity index (χ4v) is 3.90. The van der Waals surface area contributed by atoms with Gasteiger partial charge < -0.3 is 9.80 Å². The molecule has 0 aromatic heterocycles. The van der Waals surface area contributed by atoms with Crippen LogP contribution in [0.4, 0.5) is 10.1 Å². The highest BCUT2D eigenvalue weighted by Crippen LogP contribution is 2.26. The van der Waals surface area contributed by atoms with Crippen molar-refractivity contribution >= 4 is 17.5 Å². The molecule has 1 saturated heterocycles. The number of rotatable bonds is 4. The lowest BCUT2D eigenvalue weighted by Crippen LogP contribution is -2.44. The fourth-order valence-electron chi connectivity index (χ4n) is 3.90. The maximum Gasteiger partial charge on any atom is 0.253 e. The minimum atomic E-state index is -0.355. The van der Waals surface area contributed by atoms with Gasteiger partial charge in [0, 0.05) is 36.8 Å². The van der Waals surface area contributed by atoms with Crippen molar-refractivity contribution in [3.8, 4) is 0 Å². The SMILES string of the molecule is CCN(C(=O)C1CCN(C(=O)c2ccc(F)cc2)CC1)c1cc(C)cc(C)c1. The van der Waals surface area contributed by atoms with Crippen LogP contribution in [0.25, 0.3) is 0 Å². The van der Waals surface area contributed by atoms with Crippen molar-refractivity contribution < 1.29 is 14.0 Å². The third-order valence-electron chi connectivity index (χ3n) is 5.32. The standard InChI is InChI=1S/C23H27FN2O2/c1-4-26(21-14-16(2)13-17(3)15-21)23(28)19-9-11-25(12-10-19)22(27)18-5-7-20(24)8-6-18/h5-8,13-15,19H,4,9-12H2,1-3H3. The molecule has 2 aromatic carbocycles. The van der Waals surface area contributed by atoms with Crippen molar-refractivity contribution in [1.29, 1.82) is 0 Å². The van der Waals surface area contributed by atoms with Crippen molar-refractivity contribution in [1.82, 2.24) is 4.90 Å². The fraction of sp³-hybridized carbons (Fsp3) is 0.391. The topological polar surface area (TPSA) is 40.6 Å². The van der Waals surface area contributed by atoms with Gasteiger partial charge >= 0.3 is 0 Å². The molecule has 0 spiro atoms. The largest absolute Gasteiger partial charge is 0.339 e. The summed E-state index contributed by atoms with van der Waals surface area (Å²) < 4.78 is 13.1.